The van der Waals surface area contributed by atoms with Gasteiger partial charge in [0.25, 0.3) is 0 Å². The summed E-state index contributed by atoms with van der Waals surface area (Å²) in [7, 11) is -1.19. The summed E-state index contributed by atoms with van der Waals surface area (Å²) in [5.74, 6) is 0. The van der Waals surface area contributed by atoms with Gasteiger partial charge in [-0.15, -0.1) is 0 Å². The van der Waals surface area contributed by atoms with Crippen LogP contribution in [0.4, 0.5) is 0 Å². The molecule has 0 aromatic heterocycles. The van der Waals surface area contributed by atoms with E-state index >= 15 is 0 Å². The predicted octanol–water partition coefficient (Wildman–Crippen LogP) is -0.232. The van der Waals surface area contributed by atoms with Crippen molar-refractivity contribution in [3.05, 3.63) is 29.8 Å². The lowest BCUT2D eigenvalue weighted by atomic mass is 10.2. The molecule has 0 unspecified atom stereocenters. The van der Waals surface area contributed by atoms with E-state index in [-0.39, 0.29) is 0 Å². The number of aryl methyl sites for hydroxylation is 1. The van der Waals surface area contributed by atoms with E-state index in [1.54, 1.807) is 16.4 Å². The Bertz CT molecular complexity index is 488. The van der Waals surface area contributed by atoms with E-state index < -0.39 is 10.0 Å². The van der Waals surface area contributed by atoms with Gasteiger partial charge in [0.05, 0.1) is 38.1 Å². The highest BCUT2D eigenvalue weighted by Gasteiger charge is 2.28. The van der Waals surface area contributed by atoms with Crippen molar-refractivity contribution in [2.24, 2.45) is 0 Å². The Kier molecular flexibility index (Phi) is 4.04. The smallest absolute Gasteiger partial charge is 0.243 e. The molecule has 18 heavy (non-hydrogen) atoms. The first-order valence-electron chi connectivity index (χ1n) is 6.44. The SMILES string of the molecule is CCc1ccc(S(=O)(=O)N2CC[NH+](C)CC2)cc1. The van der Waals surface area contributed by atoms with Gasteiger partial charge in [0.2, 0.25) is 10.0 Å². The molecule has 2 rings (SSSR count). The number of benzene rings is 1. The first-order valence-corrected chi connectivity index (χ1v) is 7.88. The summed E-state index contributed by atoms with van der Waals surface area (Å²) in [6.45, 7) is 5.05. The lowest BCUT2D eigenvalue weighted by Gasteiger charge is -2.29. The molecule has 1 aromatic rings. The minimum atomic E-state index is -3.29. The average Bonchev–Trinajstić information content (AvgIpc) is 2.39. The van der Waals surface area contributed by atoms with Crippen molar-refractivity contribution >= 4 is 10.0 Å². The molecule has 0 bridgehead atoms. The van der Waals surface area contributed by atoms with Crippen molar-refractivity contribution in [2.45, 2.75) is 18.2 Å². The molecule has 1 aliphatic rings. The Hall–Kier alpha value is -0.910. The Morgan fingerprint density at radius 3 is 2.22 bits per heavy atom. The Labute approximate surface area is 109 Å². The topological polar surface area (TPSA) is 41.8 Å². The normalized spacial score (nSPS) is 19.0. The van der Waals surface area contributed by atoms with Crippen LogP contribution < -0.4 is 4.90 Å². The fourth-order valence-corrected chi connectivity index (χ4v) is 3.60. The predicted molar refractivity (Wildman–Crippen MR) is 71.2 cm³/mol. The summed E-state index contributed by atoms with van der Waals surface area (Å²) in [5.41, 5.74) is 1.16. The zero-order chi connectivity index (χ0) is 13.2. The van der Waals surface area contributed by atoms with E-state index in [0.717, 1.165) is 25.1 Å². The summed E-state index contributed by atoms with van der Waals surface area (Å²) >= 11 is 0. The quantitative estimate of drug-likeness (QED) is 0.823. The van der Waals surface area contributed by atoms with E-state index in [1.807, 2.05) is 12.1 Å². The lowest BCUT2D eigenvalue weighted by Crippen LogP contribution is -3.12. The molecule has 0 radical (unpaired) electrons. The molecule has 1 N–H and O–H groups in total. The summed E-state index contributed by atoms with van der Waals surface area (Å²) in [6, 6.07) is 7.24. The first kappa shape index (κ1) is 13.5. The number of nitrogens with zero attached hydrogens (tertiary/aromatic N) is 1. The standard InChI is InChI=1S/C13H20N2O2S/c1-3-12-4-6-13(7-5-12)18(16,17)15-10-8-14(2)9-11-15/h4-7H,3,8-11H2,1-2H3/p+1. The third kappa shape index (κ3) is 2.74. The van der Waals surface area contributed by atoms with Gasteiger partial charge in [0, 0.05) is 0 Å². The summed E-state index contributed by atoms with van der Waals surface area (Å²) < 4.78 is 26.4. The molecule has 1 aliphatic heterocycles. The molecular formula is C13H21N2O2S+. The highest BCUT2D eigenvalue weighted by atomic mass is 32.2. The summed E-state index contributed by atoms with van der Waals surface area (Å²) in [4.78, 5) is 1.81. The van der Waals surface area contributed by atoms with Crippen LogP contribution in [0.15, 0.2) is 29.2 Å². The second-order valence-electron chi connectivity index (χ2n) is 4.86. The fourth-order valence-electron chi connectivity index (χ4n) is 2.15. The van der Waals surface area contributed by atoms with Crippen LogP contribution in [0.25, 0.3) is 0 Å². The van der Waals surface area contributed by atoms with Crippen LogP contribution >= 0.6 is 0 Å². The number of hydrogen-bond acceptors (Lipinski definition) is 2. The van der Waals surface area contributed by atoms with Crippen molar-refractivity contribution in [3.63, 3.8) is 0 Å². The Balaban J connectivity index is 2.19. The van der Waals surface area contributed by atoms with Gasteiger partial charge in [-0.3, -0.25) is 0 Å². The largest absolute Gasteiger partial charge is 0.335 e. The summed E-state index contributed by atoms with van der Waals surface area (Å²) in [6.07, 6.45) is 0.929. The molecule has 4 nitrogen and oxygen atoms in total. The van der Waals surface area contributed by atoms with Crippen LogP contribution in [0, 0.1) is 0 Å². The number of sulfonamides is 1. The molecule has 0 saturated carbocycles. The Morgan fingerprint density at radius 1 is 1.17 bits per heavy atom. The zero-order valence-corrected chi connectivity index (χ0v) is 11.8. The highest BCUT2D eigenvalue weighted by Crippen LogP contribution is 2.16. The molecule has 0 amide bonds. The van der Waals surface area contributed by atoms with E-state index in [1.165, 1.54) is 4.90 Å². The molecule has 1 fully saturated rings. The van der Waals surface area contributed by atoms with E-state index in [9.17, 15) is 8.42 Å². The fraction of sp³-hybridized carbons (Fsp3) is 0.538. The number of rotatable bonds is 3. The number of hydrogen-bond donors (Lipinski definition) is 1. The molecular weight excluding hydrogens is 248 g/mol. The third-order valence-corrected chi connectivity index (χ3v) is 5.46. The van der Waals surface area contributed by atoms with E-state index in [2.05, 4.69) is 14.0 Å². The van der Waals surface area contributed by atoms with Crippen LogP contribution in [0.3, 0.4) is 0 Å². The monoisotopic (exact) mass is 269 g/mol. The van der Waals surface area contributed by atoms with Gasteiger partial charge in [-0.1, -0.05) is 19.1 Å². The van der Waals surface area contributed by atoms with Crippen LogP contribution in [0.2, 0.25) is 0 Å². The van der Waals surface area contributed by atoms with Gasteiger partial charge in [0.1, 0.15) is 0 Å². The maximum atomic E-state index is 12.4. The average molecular weight is 269 g/mol. The second kappa shape index (κ2) is 5.38. The zero-order valence-electron chi connectivity index (χ0n) is 11.0. The third-order valence-electron chi connectivity index (χ3n) is 3.55. The molecule has 1 aromatic carbocycles. The minimum absolute atomic E-state index is 0.416. The van der Waals surface area contributed by atoms with Crippen LogP contribution in [-0.4, -0.2) is 45.9 Å². The van der Waals surface area contributed by atoms with Crippen LogP contribution in [0.1, 0.15) is 12.5 Å². The minimum Gasteiger partial charge on any atom is -0.335 e. The van der Waals surface area contributed by atoms with Crippen molar-refractivity contribution in [1.29, 1.82) is 0 Å². The molecule has 0 spiro atoms. The molecule has 5 heteroatoms. The van der Waals surface area contributed by atoms with Gasteiger partial charge in [-0.2, -0.15) is 4.31 Å². The molecule has 100 valence electrons. The number of quaternary nitrogens is 1. The van der Waals surface area contributed by atoms with Gasteiger partial charge >= 0.3 is 0 Å². The van der Waals surface area contributed by atoms with E-state index in [0.29, 0.717) is 18.0 Å². The number of likely N-dealkylation sites (N-methyl/N-ethyl adjacent to an activating group) is 1. The molecule has 0 aliphatic carbocycles. The molecule has 0 atom stereocenters. The molecule has 1 heterocycles. The van der Waals surface area contributed by atoms with Crippen molar-refractivity contribution in [1.82, 2.24) is 4.31 Å². The number of piperazine rings is 1. The van der Waals surface area contributed by atoms with Gasteiger partial charge in [0.15, 0.2) is 0 Å². The second-order valence-corrected chi connectivity index (χ2v) is 6.80. The van der Waals surface area contributed by atoms with Crippen LogP contribution in [-0.2, 0) is 16.4 Å². The Morgan fingerprint density at radius 2 is 1.72 bits per heavy atom. The maximum absolute atomic E-state index is 12.4. The maximum Gasteiger partial charge on any atom is 0.243 e. The van der Waals surface area contributed by atoms with E-state index in [4.69, 9.17) is 0 Å². The summed E-state index contributed by atoms with van der Waals surface area (Å²) in [5, 5.41) is 0. The lowest BCUT2D eigenvalue weighted by molar-refractivity contribution is -0.883. The van der Waals surface area contributed by atoms with Gasteiger partial charge in [-0.05, 0) is 24.1 Å². The first-order chi connectivity index (χ1) is 8.54. The van der Waals surface area contributed by atoms with Gasteiger partial charge in [-0.25, -0.2) is 8.42 Å². The molecule has 1 saturated heterocycles. The number of nitrogens with one attached hydrogen (secondary N) is 1. The van der Waals surface area contributed by atoms with Crippen LogP contribution in [0.5, 0.6) is 0 Å². The van der Waals surface area contributed by atoms with Crippen molar-refractivity contribution in [2.75, 3.05) is 33.2 Å². The highest BCUT2D eigenvalue weighted by molar-refractivity contribution is 7.89. The van der Waals surface area contributed by atoms with Crippen molar-refractivity contribution in [3.8, 4) is 0 Å². The van der Waals surface area contributed by atoms with Gasteiger partial charge < -0.3 is 4.90 Å². The van der Waals surface area contributed by atoms with Crippen molar-refractivity contribution < 1.29 is 13.3 Å².